The van der Waals surface area contributed by atoms with Gasteiger partial charge in [0.1, 0.15) is 5.76 Å². The average molecular weight is 269 g/mol. The number of hydrogen-bond acceptors (Lipinski definition) is 4. The second-order valence-corrected chi connectivity index (χ2v) is 4.23. The van der Waals surface area contributed by atoms with Crippen LogP contribution < -0.4 is 10.9 Å². The molecule has 0 atom stereocenters. The molecular formula is C14H11N3O3. The summed E-state index contributed by atoms with van der Waals surface area (Å²) >= 11 is 0. The molecule has 0 aliphatic carbocycles. The fraction of sp³-hybridized carbons (Fsp3) is 0.0714. The Bertz CT molecular complexity index is 806. The van der Waals surface area contributed by atoms with E-state index in [-0.39, 0.29) is 11.5 Å². The second kappa shape index (κ2) is 5.00. The number of carbonyl (C=O) groups is 1. The number of nitrogens with one attached hydrogen (secondary N) is 2. The van der Waals surface area contributed by atoms with E-state index in [4.69, 9.17) is 4.42 Å². The van der Waals surface area contributed by atoms with Crippen LogP contribution in [-0.4, -0.2) is 15.9 Å². The molecule has 2 N–H and O–H groups in total. The van der Waals surface area contributed by atoms with Crippen molar-refractivity contribution in [1.82, 2.24) is 15.3 Å². The zero-order valence-corrected chi connectivity index (χ0v) is 10.4. The van der Waals surface area contributed by atoms with Crippen molar-refractivity contribution in [2.24, 2.45) is 0 Å². The smallest absolute Gasteiger partial charge is 0.258 e. The first-order valence-electron chi connectivity index (χ1n) is 6.02. The van der Waals surface area contributed by atoms with E-state index in [2.05, 4.69) is 15.3 Å². The van der Waals surface area contributed by atoms with Crippen molar-refractivity contribution >= 4 is 16.8 Å². The van der Waals surface area contributed by atoms with Crippen molar-refractivity contribution < 1.29 is 9.21 Å². The van der Waals surface area contributed by atoms with E-state index in [1.165, 1.54) is 6.33 Å². The molecule has 0 radical (unpaired) electrons. The van der Waals surface area contributed by atoms with Crippen LogP contribution in [0.4, 0.5) is 0 Å². The summed E-state index contributed by atoms with van der Waals surface area (Å²) in [5.74, 6) is 0.430. The highest BCUT2D eigenvalue weighted by atomic mass is 16.3. The normalized spacial score (nSPS) is 10.6. The van der Waals surface area contributed by atoms with Crippen LogP contribution in [0.2, 0.25) is 0 Å². The molecule has 2 heterocycles. The van der Waals surface area contributed by atoms with Gasteiger partial charge in [0.05, 0.1) is 30.0 Å². The molecule has 2 aromatic heterocycles. The Morgan fingerprint density at radius 2 is 2.25 bits per heavy atom. The van der Waals surface area contributed by atoms with Gasteiger partial charge in [-0.25, -0.2) is 4.98 Å². The van der Waals surface area contributed by atoms with Crippen LogP contribution >= 0.6 is 0 Å². The zero-order chi connectivity index (χ0) is 13.9. The lowest BCUT2D eigenvalue weighted by Crippen LogP contribution is -2.22. The van der Waals surface area contributed by atoms with E-state index in [0.717, 1.165) is 0 Å². The number of aromatic amines is 1. The van der Waals surface area contributed by atoms with E-state index < -0.39 is 0 Å². The van der Waals surface area contributed by atoms with Gasteiger partial charge in [-0.2, -0.15) is 0 Å². The minimum Gasteiger partial charge on any atom is -0.467 e. The molecular weight excluding hydrogens is 258 g/mol. The summed E-state index contributed by atoms with van der Waals surface area (Å²) in [6.45, 7) is 0.312. The van der Waals surface area contributed by atoms with Crippen LogP contribution in [-0.2, 0) is 6.54 Å². The maximum atomic E-state index is 12.0. The topological polar surface area (TPSA) is 88.0 Å². The van der Waals surface area contributed by atoms with Crippen LogP contribution in [0.25, 0.3) is 10.9 Å². The second-order valence-electron chi connectivity index (χ2n) is 4.23. The Balaban J connectivity index is 1.83. The van der Waals surface area contributed by atoms with Gasteiger partial charge in [0.15, 0.2) is 0 Å². The summed E-state index contributed by atoms with van der Waals surface area (Å²) in [5.41, 5.74) is 0.707. The van der Waals surface area contributed by atoms with E-state index in [1.54, 1.807) is 36.6 Å². The summed E-state index contributed by atoms with van der Waals surface area (Å²) in [5, 5.41) is 3.19. The highest BCUT2D eigenvalue weighted by Gasteiger charge is 2.08. The number of hydrogen-bond donors (Lipinski definition) is 2. The molecule has 0 unspecified atom stereocenters. The van der Waals surface area contributed by atoms with Crippen molar-refractivity contribution in [3.05, 3.63) is 64.6 Å². The first-order valence-corrected chi connectivity index (χ1v) is 6.02. The molecule has 0 saturated carbocycles. The Morgan fingerprint density at radius 3 is 3.05 bits per heavy atom. The quantitative estimate of drug-likeness (QED) is 0.753. The summed E-state index contributed by atoms with van der Waals surface area (Å²) in [7, 11) is 0. The Labute approximate surface area is 113 Å². The van der Waals surface area contributed by atoms with Gasteiger partial charge < -0.3 is 14.7 Å². The Morgan fingerprint density at radius 1 is 1.35 bits per heavy atom. The molecule has 0 bridgehead atoms. The number of H-pyrrole nitrogens is 1. The van der Waals surface area contributed by atoms with Crippen LogP contribution in [0.3, 0.4) is 0 Å². The number of amides is 1. The number of benzene rings is 1. The van der Waals surface area contributed by atoms with E-state index in [0.29, 0.717) is 28.8 Å². The third-order valence-corrected chi connectivity index (χ3v) is 2.91. The highest BCUT2D eigenvalue weighted by molar-refractivity contribution is 5.97. The maximum Gasteiger partial charge on any atom is 0.258 e. The van der Waals surface area contributed by atoms with Crippen molar-refractivity contribution in [2.75, 3.05) is 0 Å². The minimum absolute atomic E-state index is 0.224. The molecule has 0 fully saturated rings. The highest BCUT2D eigenvalue weighted by Crippen LogP contribution is 2.09. The van der Waals surface area contributed by atoms with Gasteiger partial charge in [0.2, 0.25) is 0 Å². The number of rotatable bonds is 3. The summed E-state index contributed by atoms with van der Waals surface area (Å²) in [6, 6.07) is 8.30. The number of aromatic nitrogens is 2. The van der Waals surface area contributed by atoms with Crippen LogP contribution in [0.1, 0.15) is 16.1 Å². The van der Waals surface area contributed by atoms with Gasteiger partial charge in [0.25, 0.3) is 11.5 Å². The average Bonchev–Trinajstić information content (AvgIpc) is 2.98. The molecule has 3 aromatic rings. The number of fused-ring (bicyclic) bond motifs is 1. The van der Waals surface area contributed by atoms with Crippen molar-refractivity contribution in [2.45, 2.75) is 6.54 Å². The van der Waals surface area contributed by atoms with Crippen LogP contribution in [0.15, 0.2) is 52.1 Å². The SMILES string of the molecule is O=C(NCc1ccco1)c1ccc2c(=O)[nH]cnc2c1. The predicted molar refractivity (Wildman–Crippen MR) is 72.2 cm³/mol. The lowest BCUT2D eigenvalue weighted by atomic mass is 10.1. The molecule has 6 nitrogen and oxygen atoms in total. The lowest BCUT2D eigenvalue weighted by molar-refractivity contribution is 0.0948. The maximum absolute atomic E-state index is 12.0. The van der Waals surface area contributed by atoms with E-state index in [1.807, 2.05) is 0 Å². The fourth-order valence-corrected chi connectivity index (χ4v) is 1.89. The predicted octanol–water partition coefficient (Wildman–Crippen LogP) is 1.45. The third kappa shape index (κ3) is 2.31. The molecule has 1 amide bonds. The Hall–Kier alpha value is -2.89. The first-order chi connectivity index (χ1) is 9.74. The molecule has 6 heteroatoms. The standard InChI is InChI=1S/C14H11N3O3/c18-13(15-7-10-2-1-5-20-10)9-3-4-11-12(6-9)16-8-17-14(11)19/h1-6,8H,7H2,(H,15,18)(H,16,17,19). The van der Waals surface area contributed by atoms with Crippen LogP contribution in [0, 0.1) is 0 Å². The van der Waals surface area contributed by atoms with Crippen molar-refractivity contribution in [3.63, 3.8) is 0 Å². The largest absolute Gasteiger partial charge is 0.467 e. The molecule has 20 heavy (non-hydrogen) atoms. The van der Waals surface area contributed by atoms with Gasteiger partial charge in [-0.3, -0.25) is 9.59 Å². The van der Waals surface area contributed by atoms with Gasteiger partial charge in [0, 0.05) is 5.56 Å². The van der Waals surface area contributed by atoms with E-state index in [9.17, 15) is 9.59 Å². The van der Waals surface area contributed by atoms with Gasteiger partial charge >= 0.3 is 0 Å². The van der Waals surface area contributed by atoms with E-state index >= 15 is 0 Å². The van der Waals surface area contributed by atoms with Crippen molar-refractivity contribution in [3.8, 4) is 0 Å². The minimum atomic E-state index is -0.245. The van der Waals surface area contributed by atoms with Crippen molar-refractivity contribution in [1.29, 1.82) is 0 Å². The molecule has 100 valence electrons. The Kier molecular flexibility index (Phi) is 3.04. The first kappa shape index (κ1) is 12.2. The summed E-state index contributed by atoms with van der Waals surface area (Å²) < 4.78 is 5.13. The summed E-state index contributed by atoms with van der Waals surface area (Å²) in [6.07, 6.45) is 2.86. The molecule has 0 aliphatic rings. The fourth-order valence-electron chi connectivity index (χ4n) is 1.89. The molecule has 0 saturated heterocycles. The van der Waals surface area contributed by atoms with Crippen LogP contribution in [0.5, 0.6) is 0 Å². The molecule has 3 rings (SSSR count). The van der Waals surface area contributed by atoms with Gasteiger partial charge in [-0.1, -0.05) is 0 Å². The number of nitrogens with zero attached hydrogens (tertiary/aromatic N) is 1. The summed E-state index contributed by atoms with van der Waals surface area (Å²) in [4.78, 5) is 30.1. The molecule has 0 spiro atoms. The number of carbonyl (C=O) groups excluding carboxylic acids is 1. The van der Waals surface area contributed by atoms with Gasteiger partial charge in [-0.05, 0) is 30.3 Å². The lowest BCUT2D eigenvalue weighted by Gasteiger charge is -2.04. The molecule has 0 aliphatic heterocycles. The molecule has 1 aromatic carbocycles. The zero-order valence-electron chi connectivity index (χ0n) is 10.4. The number of furan rings is 1. The van der Waals surface area contributed by atoms with Gasteiger partial charge in [-0.15, -0.1) is 0 Å². The monoisotopic (exact) mass is 269 g/mol. The third-order valence-electron chi connectivity index (χ3n) is 2.91.